The van der Waals surface area contributed by atoms with Crippen LogP contribution in [-0.2, 0) is 16.0 Å². The van der Waals surface area contributed by atoms with Crippen LogP contribution in [0.5, 0.6) is 0 Å². The molecule has 2 aromatic rings. The van der Waals surface area contributed by atoms with Crippen molar-refractivity contribution in [3.8, 4) is 0 Å². The predicted octanol–water partition coefficient (Wildman–Crippen LogP) is 2.01. The first kappa shape index (κ1) is 12.2. The number of fused-ring (bicyclic) bond motifs is 1. The molecule has 1 fully saturated rings. The Kier molecular flexibility index (Phi) is 3.51. The fourth-order valence-electron chi connectivity index (χ4n) is 2.48. The van der Waals surface area contributed by atoms with E-state index in [1.807, 2.05) is 6.20 Å². The van der Waals surface area contributed by atoms with Gasteiger partial charge in [-0.1, -0.05) is 12.1 Å². The van der Waals surface area contributed by atoms with E-state index in [9.17, 15) is 4.79 Å². The zero-order chi connectivity index (χ0) is 13.1. The molecule has 4 heteroatoms. The third-order valence-corrected chi connectivity index (χ3v) is 3.55. The second kappa shape index (κ2) is 5.45. The quantitative estimate of drug-likeness (QED) is 0.881. The van der Waals surface area contributed by atoms with E-state index >= 15 is 0 Å². The molecule has 2 N–H and O–H groups in total. The third kappa shape index (κ3) is 2.79. The number of rotatable bonds is 4. The highest BCUT2D eigenvalue weighted by Crippen LogP contribution is 2.14. The van der Waals surface area contributed by atoms with Crippen LogP contribution < -0.4 is 5.32 Å². The van der Waals surface area contributed by atoms with Crippen molar-refractivity contribution >= 4 is 16.8 Å². The van der Waals surface area contributed by atoms with Gasteiger partial charge in [0.25, 0.3) is 0 Å². The molecular formula is C15H18N2O2. The number of carbonyl (C=O) groups excluding carboxylic acids is 1. The average molecular weight is 258 g/mol. The van der Waals surface area contributed by atoms with Crippen LogP contribution in [-0.4, -0.2) is 30.1 Å². The van der Waals surface area contributed by atoms with E-state index in [1.54, 1.807) is 0 Å². The Morgan fingerprint density at radius 1 is 1.42 bits per heavy atom. The summed E-state index contributed by atoms with van der Waals surface area (Å²) in [7, 11) is 0. The van der Waals surface area contributed by atoms with Gasteiger partial charge in [-0.05, 0) is 42.3 Å². The molecule has 1 saturated heterocycles. The van der Waals surface area contributed by atoms with Crippen LogP contribution in [0.4, 0.5) is 0 Å². The van der Waals surface area contributed by atoms with Crippen LogP contribution in [0.3, 0.4) is 0 Å². The first-order valence-corrected chi connectivity index (χ1v) is 6.78. The molecule has 0 saturated carbocycles. The highest BCUT2D eigenvalue weighted by molar-refractivity contribution is 5.81. The topological polar surface area (TPSA) is 54.1 Å². The molecule has 1 unspecified atom stereocenters. The van der Waals surface area contributed by atoms with Gasteiger partial charge in [0.15, 0.2) is 0 Å². The number of hydrogen-bond acceptors (Lipinski definition) is 2. The van der Waals surface area contributed by atoms with Crippen LogP contribution in [0.25, 0.3) is 10.9 Å². The number of carbonyl (C=O) groups is 1. The summed E-state index contributed by atoms with van der Waals surface area (Å²) in [6.07, 6.45) is 4.38. The fraction of sp³-hybridized carbons (Fsp3) is 0.400. The monoisotopic (exact) mass is 258 g/mol. The summed E-state index contributed by atoms with van der Waals surface area (Å²) in [6.45, 7) is 1.37. The summed E-state index contributed by atoms with van der Waals surface area (Å²) >= 11 is 0. The van der Waals surface area contributed by atoms with Crippen LogP contribution in [0.2, 0.25) is 0 Å². The van der Waals surface area contributed by atoms with Gasteiger partial charge >= 0.3 is 0 Å². The molecule has 1 amide bonds. The minimum atomic E-state index is -0.231. The highest BCUT2D eigenvalue weighted by atomic mass is 16.5. The van der Waals surface area contributed by atoms with Crippen molar-refractivity contribution in [1.82, 2.24) is 10.3 Å². The maximum atomic E-state index is 11.8. The third-order valence-electron chi connectivity index (χ3n) is 3.55. The van der Waals surface area contributed by atoms with Gasteiger partial charge in [0, 0.05) is 24.9 Å². The number of hydrogen-bond donors (Lipinski definition) is 2. The van der Waals surface area contributed by atoms with Gasteiger partial charge in [-0.15, -0.1) is 0 Å². The van der Waals surface area contributed by atoms with Gasteiger partial charge in [0.1, 0.15) is 6.10 Å². The van der Waals surface area contributed by atoms with Crippen LogP contribution in [0.1, 0.15) is 18.4 Å². The number of amides is 1. The zero-order valence-corrected chi connectivity index (χ0v) is 10.8. The maximum absolute atomic E-state index is 11.8. The Bertz CT molecular complexity index is 570. The number of aromatic amines is 1. The van der Waals surface area contributed by atoms with E-state index in [4.69, 9.17) is 4.74 Å². The Morgan fingerprint density at radius 3 is 3.21 bits per heavy atom. The Labute approximate surface area is 112 Å². The average Bonchev–Trinajstić information content (AvgIpc) is 3.09. The summed E-state index contributed by atoms with van der Waals surface area (Å²) in [5.74, 6) is 0.0263. The van der Waals surface area contributed by atoms with E-state index in [0.29, 0.717) is 13.2 Å². The number of nitrogens with one attached hydrogen (secondary N) is 2. The molecule has 100 valence electrons. The van der Waals surface area contributed by atoms with Crippen molar-refractivity contribution in [1.29, 1.82) is 0 Å². The first-order valence-electron chi connectivity index (χ1n) is 6.78. The zero-order valence-electron chi connectivity index (χ0n) is 10.8. The van der Waals surface area contributed by atoms with Gasteiger partial charge < -0.3 is 15.0 Å². The van der Waals surface area contributed by atoms with Crippen molar-refractivity contribution in [2.75, 3.05) is 13.2 Å². The summed E-state index contributed by atoms with van der Waals surface area (Å²) in [5, 5.41) is 4.16. The number of benzene rings is 1. The summed E-state index contributed by atoms with van der Waals surface area (Å²) in [4.78, 5) is 15.0. The van der Waals surface area contributed by atoms with Crippen molar-refractivity contribution in [2.24, 2.45) is 0 Å². The molecule has 1 aliphatic rings. The number of H-pyrrole nitrogens is 1. The second-order valence-electron chi connectivity index (χ2n) is 4.94. The number of aromatic nitrogens is 1. The van der Waals surface area contributed by atoms with Crippen molar-refractivity contribution in [3.05, 3.63) is 36.0 Å². The molecule has 0 bridgehead atoms. The standard InChI is InChI=1S/C15H18N2O2/c18-15(14-2-1-9-19-14)17-7-5-11-3-4-12-6-8-16-13(12)10-11/h3-4,6,8,10,14,16H,1-2,5,7,9H2,(H,17,18). The van der Waals surface area contributed by atoms with E-state index in [-0.39, 0.29) is 12.0 Å². The summed E-state index contributed by atoms with van der Waals surface area (Å²) in [6, 6.07) is 8.39. The molecule has 1 aromatic heterocycles. The van der Waals surface area contributed by atoms with Gasteiger partial charge in [-0.2, -0.15) is 0 Å². The fourth-order valence-corrected chi connectivity index (χ4v) is 2.48. The Balaban J connectivity index is 1.52. The van der Waals surface area contributed by atoms with Crippen LogP contribution in [0, 0.1) is 0 Å². The van der Waals surface area contributed by atoms with Gasteiger partial charge in [0.2, 0.25) is 5.91 Å². The summed E-state index contributed by atoms with van der Waals surface area (Å²) < 4.78 is 5.35. The highest BCUT2D eigenvalue weighted by Gasteiger charge is 2.22. The van der Waals surface area contributed by atoms with Crippen molar-refractivity contribution in [2.45, 2.75) is 25.4 Å². The minimum Gasteiger partial charge on any atom is -0.368 e. The first-order chi connectivity index (χ1) is 9.33. The molecule has 0 aliphatic carbocycles. The normalized spacial score (nSPS) is 18.8. The molecule has 19 heavy (non-hydrogen) atoms. The number of ether oxygens (including phenoxy) is 1. The Hall–Kier alpha value is -1.81. The molecule has 0 radical (unpaired) electrons. The molecule has 1 atom stereocenters. The van der Waals surface area contributed by atoms with Crippen molar-refractivity contribution in [3.63, 3.8) is 0 Å². The lowest BCUT2D eigenvalue weighted by molar-refractivity contribution is -0.129. The second-order valence-corrected chi connectivity index (χ2v) is 4.94. The summed E-state index contributed by atoms with van der Waals surface area (Å²) in [5.41, 5.74) is 2.37. The van der Waals surface area contributed by atoms with Gasteiger partial charge in [-0.3, -0.25) is 4.79 Å². The molecule has 2 heterocycles. The van der Waals surface area contributed by atoms with Gasteiger partial charge in [-0.25, -0.2) is 0 Å². The molecular weight excluding hydrogens is 240 g/mol. The van der Waals surface area contributed by atoms with E-state index in [0.717, 1.165) is 24.8 Å². The predicted molar refractivity (Wildman–Crippen MR) is 74.0 cm³/mol. The van der Waals surface area contributed by atoms with E-state index < -0.39 is 0 Å². The smallest absolute Gasteiger partial charge is 0.249 e. The molecule has 1 aliphatic heterocycles. The van der Waals surface area contributed by atoms with E-state index in [1.165, 1.54) is 10.9 Å². The SMILES string of the molecule is O=C(NCCc1ccc2cc[nH]c2c1)C1CCCO1. The lowest BCUT2D eigenvalue weighted by atomic mass is 10.1. The molecule has 3 rings (SSSR count). The molecule has 1 aromatic carbocycles. The largest absolute Gasteiger partial charge is 0.368 e. The van der Waals surface area contributed by atoms with Gasteiger partial charge in [0.05, 0.1) is 0 Å². The lowest BCUT2D eigenvalue weighted by Gasteiger charge is -2.10. The minimum absolute atomic E-state index is 0.0263. The van der Waals surface area contributed by atoms with Crippen molar-refractivity contribution < 1.29 is 9.53 Å². The molecule has 4 nitrogen and oxygen atoms in total. The van der Waals surface area contributed by atoms with Crippen LogP contribution >= 0.6 is 0 Å². The molecule has 0 spiro atoms. The Morgan fingerprint density at radius 2 is 2.37 bits per heavy atom. The lowest BCUT2D eigenvalue weighted by Crippen LogP contribution is -2.35. The van der Waals surface area contributed by atoms with Crippen LogP contribution in [0.15, 0.2) is 30.5 Å². The van der Waals surface area contributed by atoms with E-state index in [2.05, 4.69) is 34.6 Å². The maximum Gasteiger partial charge on any atom is 0.249 e.